The molecule has 1 saturated heterocycles. The van der Waals surface area contributed by atoms with Crippen molar-refractivity contribution >= 4 is 23.0 Å². The number of benzene rings is 1. The average molecular weight is 270 g/mol. The van der Waals surface area contributed by atoms with Crippen molar-refractivity contribution in [2.75, 3.05) is 50.4 Å². The van der Waals surface area contributed by atoms with Gasteiger partial charge in [0.25, 0.3) is 0 Å². The van der Waals surface area contributed by atoms with Crippen LogP contribution in [0.3, 0.4) is 0 Å². The molecule has 0 spiro atoms. The zero-order valence-electron chi connectivity index (χ0n) is 10.7. The van der Waals surface area contributed by atoms with E-state index >= 15 is 0 Å². The maximum Gasteiger partial charge on any atom is 0.0594 e. The number of nitrogens with two attached hydrogens (primary N) is 1. The molecular weight excluding hydrogens is 250 g/mol. The number of halogens is 1. The summed E-state index contributed by atoms with van der Waals surface area (Å²) in [6, 6.07) is 3.80. The maximum atomic E-state index is 6.01. The van der Waals surface area contributed by atoms with Gasteiger partial charge in [-0.05, 0) is 24.6 Å². The standard InChI is InChI=1S/C13H20ClN3O/c1-10-8-13(12(15)9-11(10)14)16-2-3-17-4-6-18-7-5-17/h8-9,16H,2-7,15H2,1H3. The molecule has 0 atom stereocenters. The van der Waals surface area contributed by atoms with Gasteiger partial charge in [0, 0.05) is 31.2 Å². The lowest BCUT2D eigenvalue weighted by Crippen LogP contribution is -2.39. The van der Waals surface area contributed by atoms with Gasteiger partial charge < -0.3 is 15.8 Å². The van der Waals surface area contributed by atoms with Crippen LogP contribution in [-0.4, -0.2) is 44.3 Å². The summed E-state index contributed by atoms with van der Waals surface area (Å²) >= 11 is 6.01. The van der Waals surface area contributed by atoms with Crippen LogP contribution < -0.4 is 11.1 Å². The monoisotopic (exact) mass is 269 g/mol. The third-order valence-corrected chi connectivity index (χ3v) is 3.59. The number of nitrogens with one attached hydrogen (secondary N) is 1. The smallest absolute Gasteiger partial charge is 0.0594 e. The molecule has 0 saturated carbocycles. The van der Waals surface area contributed by atoms with E-state index in [1.165, 1.54) is 0 Å². The molecule has 1 fully saturated rings. The number of hydrogen-bond donors (Lipinski definition) is 2. The summed E-state index contributed by atoms with van der Waals surface area (Å²) in [6.45, 7) is 7.56. The zero-order valence-corrected chi connectivity index (χ0v) is 11.5. The minimum absolute atomic E-state index is 0.701. The summed E-state index contributed by atoms with van der Waals surface area (Å²) in [5.74, 6) is 0. The maximum absolute atomic E-state index is 6.01. The Morgan fingerprint density at radius 1 is 1.39 bits per heavy atom. The van der Waals surface area contributed by atoms with Crippen molar-refractivity contribution in [2.24, 2.45) is 0 Å². The first-order valence-corrected chi connectivity index (χ1v) is 6.64. The van der Waals surface area contributed by atoms with Crippen molar-refractivity contribution < 1.29 is 4.74 Å². The second kappa shape index (κ2) is 6.27. The van der Waals surface area contributed by atoms with Gasteiger partial charge in [0.15, 0.2) is 0 Å². The SMILES string of the molecule is Cc1cc(NCCN2CCOCC2)c(N)cc1Cl. The van der Waals surface area contributed by atoms with Crippen LogP contribution in [0, 0.1) is 6.92 Å². The van der Waals surface area contributed by atoms with Crippen LogP contribution in [0.2, 0.25) is 5.02 Å². The van der Waals surface area contributed by atoms with Crippen molar-refractivity contribution in [3.63, 3.8) is 0 Å². The molecule has 1 aliphatic heterocycles. The van der Waals surface area contributed by atoms with Gasteiger partial charge in [0.1, 0.15) is 0 Å². The van der Waals surface area contributed by atoms with Gasteiger partial charge in [-0.15, -0.1) is 0 Å². The quantitative estimate of drug-likeness (QED) is 0.821. The molecule has 0 radical (unpaired) electrons. The van der Waals surface area contributed by atoms with Gasteiger partial charge >= 0.3 is 0 Å². The zero-order chi connectivity index (χ0) is 13.0. The number of anilines is 2. The Bertz CT molecular complexity index is 405. The van der Waals surface area contributed by atoms with Crippen LogP contribution in [0.5, 0.6) is 0 Å². The largest absolute Gasteiger partial charge is 0.397 e. The van der Waals surface area contributed by atoms with Gasteiger partial charge in [-0.25, -0.2) is 0 Å². The highest BCUT2D eigenvalue weighted by Crippen LogP contribution is 2.26. The number of aryl methyl sites for hydroxylation is 1. The van der Waals surface area contributed by atoms with E-state index in [1.807, 2.05) is 13.0 Å². The molecule has 1 aromatic carbocycles. The van der Waals surface area contributed by atoms with E-state index in [0.717, 1.165) is 50.6 Å². The minimum atomic E-state index is 0.701. The third kappa shape index (κ3) is 3.51. The minimum Gasteiger partial charge on any atom is -0.397 e. The van der Waals surface area contributed by atoms with Crippen LogP contribution >= 0.6 is 11.6 Å². The van der Waals surface area contributed by atoms with Crippen molar-refractivity contribution in [3.05, 3.63) is 22.7 Å². The molecule has 4 nitrogen and oxygen atoms in total. The molecule has 5 heteroatoms. The van der Waals surface area contributed by atoms with Crippen LogP contribution in [0.1, 0.15) is 5.56 Å². The van der Waals surface area contributed by atoms with Gasteiger partial charge in [-0.2, -0.15) is 0 Å². The first kappa shape index (κ1) is 13.5. The second-order valence-electron chi connectivity index (χ2n) is 4.57. The lowest BCUT2D eigenvalue weighted by Gasteiger charge is -2.26. The van der Waals surface area contributed by atoms with E-state index in [1.54, 1.807) is 6.07 Å². The highest BCUT2D eigenvalue weighted by Gasteiger charge is 2.09. The number of nitrogens with zero attached hydrogens (tertiary/aromatic N) is 1. The number of ether oxygens (including phenoxy) is 1. The number of nitrogen functional groups attached to an aromatic ring is 1. The molecule has 100 valence electrons. The molecule has 0 bridgehead atoms. The summed E-state index contributed by atoms with van der Waals surface area (Å²) in [6.07, 6.45) is 0. The van der Waals surface area contributed by atoms with Crippen molar-refractivity contribution in [1.82, 2.24) is 4.90 Å². The Morgan fingerprint density at radius 2 is 2.11 bits per heavy atom. The molecule has 0 amide bonds. The number of morpholine rings is 1. The predicted octanol–water partition coefficient (Wildman–Crippen LogP) is 1.97. The number of rotatable bonds is 4. The molecular formula is C13H20ClN3O. The third-order valence-electron chi connectivity index (χ3n) is 3.18. The molecule has 1 aliphatic rings. The highest BCUT2D eigenvalue weighted by molar-refractivity contribution is 6.31. The topological polar surface area (TPSA) is 50.5 Å². The second-order valence-corrected chi connectivity index (χ2v) is 4.98. The molecule has 2 rings (SSSR count). The van der Waals surface area contributed by atoms with Crippen LogP contribution in [0.25, 0.3) is 0 Å². The van der Waals surface area contributed by atoms with Gasteiger partial charge in [0.2, 0.25) is 0 Å². The molecule has 0 unspecified atom stereocenters. The van der Waals surface area contributed by atoms with Crippen LogP contribution in [0.4, 0.5) is 11.4 Å². The molecule has 0 aromatic heterocycles. The lowest BCUT2D eigenvalue weighted by atomic mass is 10.2. The van der Waals surface area contributed by atoms with E-state index in [4.69, 9.17) is 22.1 Å². The number of hydrogen-bond acceptors (Lipinski definition) is 4. The molecule has 0 aliphatic carbocycles. The lowest BCUT2D eigenvalue weighted by molar-refractivity contribution is 0.0398. The molecule has 18 heavy (non-hydrogen) atoms. The first-order valence-electron chi connectivity index (χ1n) is 6.26. The fraction of sp³-hybridized carbons (Fsp3) is 0.538. The predicted molar refractivity (Wildman–Crippen MR) is 76.4 cm³/mol. The highest BCUT2D eigenvalue weighted by atomic mass is 35.5. The van der Waals surface area contributed by atoms with Gasteiger partial charge in [-0.3, -0.25) is 4.90 Å². The van der Waals surface area contributed by atoms with E-state index in [-0.39, 0.29) is 0 Å². The van der Waals surface area contributed by atoms with E-state index in [9.17, 15) is 0 Å². The Morgan fingerprint density at radius 3 is 2.83 bits per heavy atom. The van der Waals surface area contributed by atoms with E-state index < -0.39 is 0 Å². The summed E-state index contributed by atoms with van der Waals surface area (Å²) in [4.78, 5) is 2.38. The molecule has 1 aromatic rings. The Hall–Kier alpha value is -0.970. The summed E-state index contributed by atoms with van der Waals surface area (Å²) < 4.78 is 5.32. The van der Waals surface area contributed by atoms with Crippen molar-refractivity contribution in [2.45, 2.75) is 6.92 Å². The molecule has 3 N–H and O–H groups in total. The molecule has 1 heterocycles. The average Bonchev–Trinajstić information content (AvgIpc) is 2.37. The fourth-order valence-electron chi connectivity index (χ4n) is 2.02. The van der Waals surface area contributed by atoms with Crippen molar-refractivity contribution in [1.29, 1.82) is 0 Å². The normalized spacial score (nSPS) is 16.8. The van der Waals surface area contributed by atoms with Crippen LogP contribution in [0.15, 0.2) is 12.1 Å². The fourth-order valence-corrected chi connectivity index (χ4v) is 2.20. The first-order chi connectivity index (χ1) is 8.66. The summed E-state index contributed by atoms with van der Waals surface area (Å²) in [7, 11) is 0. The Labute approximate surface area is 113 Å². The van der Waals surface area contributed by atoms with E-state index in [2.05, 4.69) is 10.2 Å². The van der Waals surface area contributed by atoms with Crippen LogP contribution in [-0.2, 0) is 4.74 Å². The van der Waals surface area contributed by atoms with Gasteiger partial charge in [0.05, 0.1) is 24.6 Å². The van der Waals surface area contributed by atoms with E-state index in [0.29, 0.717) is 10.7 Å². The Balaban J connectivity index is 1.84. The summed E-state index contributed by atoms with van der Waals surface area (Å²) in [5.41, 5.74) is 8.63. The van der Waals surface area contributed by atoms with Crippen molar-refractivity contribution in [3.8, 4) is 0 Å². The summed E-state index contributed by atoms with van der Waals surface area (Å²) in [5, 5.41) is 4.08. The Kier molecular flexibility index (Phi) is 4.69. The van der Waals surface area contributed by atoms with Gasteiger partial charge in [-0.1, -0.05) is 11.6 Å².